The van der Waals surface area contributed by atoms with Crippen molar-refractivity contribution in [2.45, 2.75) is 4.90 Å². The lowest BCUT2D eigenvalue weighted by atomic mass is 10.00. The molecule has 2 N–H and O–H groups in total. The molecule has 2 heterocycles. The number of ether oxygens (including phenoxy) is 1. The maximum atomic E-state index is 12.7. The van der Waals surface area contributed by atoms with Crippen LogP contribution in [0.3, 0.4) is 0 Å². The molecule has 0 radical (unpaired) electrons. The maximum absolute atomic E-state index is 12.7. The van der Waals surface area contributed by atoms with Crippen molar-refractivity contribution in [2.75, 3.05) is 30.3 Å². The Labute approximate surface area is 156 Å². The molecule has 1 aliphatic rings. The number of methoxy groups -OCH3 is 1. The van der Waals surface area contributed by atoms with Gasteiger partial charge in [-0.1, -0.05) is 11.6 Å². The highest BCUT2D eigenvalue weighted by atomic mass is 35.5. The summed E-state index contributed by atoms with van der Waals surface area (Å²) >= 11 is 6.42. The quantitative estimate of drug-likeness (QED) is 0.664. The SMILES string of the molecule is COCCNc1ccc2c(c1)-c1cc(Cl)c3cccnc3c1NS2(=O)=O. The van der Waals surface area contributed by atoms with Crippen LogP contribution < -0.4 is 10.0 Å². The van der Waals surface area contributed by atoms with Crippen LogP contribution in [0.4, 0.5) is 11.4 Å². The smallest absolute Gasteiger partial charge is 0.262 e. The number of halogens is 1. The Morgan fingerprint density at radius 2 is 2.08 bits per heavy atom. The van der Waals surface area contributed by atoms with E-state index in [9.17, 15) is 8.42 Å². The number of pyridine rings is 1. The normalized spacial score (nSPS) is 14.4. The number of hydrogen-bond acceptors (Lipinski definition) is 5. The van der Waals surface area contributed by atoms with E-state index in [0.29, 0.717) is 45.9 Å². The lowest BCUT2D eigenvalue weighted by molar-refractivity contribution is 0.211. The summed E-state index contributed by atoms with van der Waals surface area (Å²) in [5.41, 5.74) is 3.09. The first-order valence-corrected chi connectivity index (χ1v) is 9.84. The van der Waals surface area contributed by atoms with Crippen LogP contribution in [0.2, 0.25) is 5.02 Å². The third-order valence-corrected chi connectivity index (χ3v) is 5.99. The van der Waals surface area contributed by atoms with Gasteiger partial charge in [0, 0.05) is 42.1 Å². The average Bonchev–Trinajstić information content (AvgIpc) is 2.63. The van der Waals surface area contributed by atoms with E-state index in [1.807, 2.05) is 12.1 Å². The highest BCUT2D eigenvalue weighted by molar-refractivity contribution is 7.93. The van der Waals surface area contributed by atoms with Crippen molar-refractivity contribution in [2.24, 2.45) is 0 Å². The lowest BCUT2D eigenvalue weighted by Crippen LogP contribution is -2.19. The summed E-state index contributed by atoms with van der Waals surface area (Å²) in [5, 5.41) is 4.44. The summed E-state index contributed by atoms with van der Waals surface area (Å²) < 4.78 is 33.1. The van der Waals surface area contributed by atoms with Crippen LogP contribution in [0.1, 0.15) is 0 Å². The fraction of sp³-hybridized carbons (Fsp3) is 0.167. The van der Waals surface area contributed by atoms with E-state index in [4.69, 9.17) is 16.3 Å². The van der Waals surface area contributed by atoms with Gasteiger partial charge in [-0.2, -0.15) is 0 Å². The van der Waals surface area contributed by atoms with Gasteiger partial charge < -0.3 is 10.1 Å². The molecule has 4 rings (SSSR count). The zero-order valence-corrected chi connectivity index (χ0v) is 15.5. The summed E-state index contributed by atoms with van der Waals surface area (Å²) in [7, 11) is -2.06. The van der Waals surface area contributed by atoms with E-state index < -0.39 is 10.0 Å². The molecule has 1 aliphatic heterocycles. The summed E-state index contributed by atoms with van der Waals surface area (Å²) in [6.45, 7) is 1.17. The van der Waals surface area contributed by atoms with Crippen LogP contribution in [-0.2, 0) is 14.8 Å². The fourth-order valence-corrected chi connectivity index (χ4v) is 4.64. The van der Waals surface area contributed by atoms with Gasteiger partial charge >= 0.3 is 0 Å². The topological polar surface area (TPSA) is 80.3 Å². The number of anilines is 2. The molecule has 26 heavy (non-hydrogen) atoms. The fourth-order valence-electron chi connectivity index (χ4n) is 3.09. The molecule has 0 fully saturated rings. The molecular formula is C18H16ClN3O3S. The Morgan fingerprint density at radius 1 is 1.23 bits per heavy atom. The second kappa shape index (κ2) is 6.42. The van der Waals surface area contributed by atoms with Crippen LogP contribution in [0.25, 0.3) is 22.0 Å². The van der Waals surface area contributed by atoms with Gasteiger partial charge in [0.25, 0.3) is 10.0 Å². The van der Waals surface area contributed by atoms with Gasteiger partial charge in [-0.3, -0.25) is 9.71 Å². The van der Waals surface area contributed by atoms with E-state index >= 15 is 0 Å². The van der Waals surface area contributed by atoms with Crippen LogP contribution >= 0.6 is 11.6 Å². The summed E-state index contributed by atoms with van der Waals surface area (Å²) in [6, 6.07) is 10.5. The van der Waals surface area contributed by atoms with Gasteiger partial charge in [0.05, 0.1) is 27.7 Å². The number of hydrogen-bond donors (Lipinski definition) is 2. The minimum Gasteiger partial charge on any atom is -0.383 e. The highest BCUT2D eigenvalue weighted by Gasteiger charge is 2.30. The number of rotatable bonds is 4. The molecule has 0 aliphatic carbocycles. The van der Waals surface area contributed by atoms with E-state index in [1.54, 1.807) is 37.6 Å². The van der Waals surface area contributed by atoms with Gasteiger partial charge in [-0.15, -0.1) is 0 Å². The largest absolute Gasteiger partial charge is 0.383 e. The minimum absolute atomic E-state index is 0.216. The monoisotopic (exact) mass is 389 g/mol. The Morgan fingerprint density at radius 3 is 2.88 bits per heavy atom. The minimum atomic E-state index is -3.69. The molecule has 134 valence electrons. The number of aromatic nitrogens is 1. The molecule has 0 amide bonds. The van der Waals surface area contributed by atoms with Crippen molar-refractivity contribution in [3.63, 3.8) is 0 Å². The number of fused-ring (bicyclic) bond motifs is 5. The third kappa shape index (κ3) is 2.78. The molecule has 0 saturated carbocycles. The van der Waals surface area contributed by atoms with E-state index in [1.165, 1.54) is 0 Å². The Hall–Kier alpha value is -2.35. The van der Waals surface area contributed by atoms with Crippen molar-refractivity contribution >= 4 is 43.9 Å². The lowest BCUT2D eigenvalue weighted by Gasteiger charge is -2.24. The van der Waals surface area contributed by atoms with Crippen LogP contribution in [-0.4, -0.2) is 33.7 Å². The highest BCUT2D eigenvalue weighted by Crippen LogP contribution is 2.45. The molecule has 8 heteroatoms. The van der Waals surface area contributed by atoms with Crippen molar-refractivity contribution in [1.29, 1.82) is 0 Å². The number of benzene rings is 2. The summed E-state index contributed by atoms with van der Waals surface area (Å²) in [6.07, 6.45) is 1.62. The first kappa shape index (κ1) is 17.1. The summed E-state index contributed by atoms with van der Waals surface area (Å²) in [5.74, 6) is 0. The van der Waals surface area contributed by atoms with Crippen molar-refractivity contribution in [3.8, 4) is 11.1 Å². The van der Waals surface area contributed by atoms with Crippen molar-refractivity contribution in [1.82, 2.24) is 4.98 Å². The van der Waals surface area contributed by atoms with Crippen molar-refractivity contribution in [3.05, 3.63) is 47.6 Å². The van der Waals surface area contributed by atoms with Gasteiger partial charge in [0.15, 0.2) is 0 Å². The number of nitrogens with zero attached hydrogens (tertiary/aromatic N) is 1. The maximum Gasteiger partial charge on any atom is 0.262 e. The third-order valence-electron chi connectivity index (χ3n) is 4.27. The second-order valence-corrected chi connectivity index (χ2v) is 7.97. The van der Waals surface area contributed by atoms with E-state index in [-0.39, 0.29) is 4.90 Å². The Balaban J connectivity index is 1.94. The number of sulfonamides is 1. The molecule has 6 nitrogen and oxygen atoms in total. The molecule has 0 unspecified atom stereocenters. The molecule has 0 saturated heterocycles. The van der Waals surface area contributed by atoms with Crippen molar-refractivity contribution < 1.29 is 13.2 Å². The molecule has 1 aromatic heterocycles. The van der Waals surface area contributed by atoms with Gasteiger partial charge in [0.2, 0.25) is 0 Å². The molecule has 2 aromatic carbocycles. The van der Waals surface area contributed by atoms with Crippen LogP contribution in [0.15, 0.2) is 47.5 Å². The predicted molar refractivity (Wildman–Crippen MR) is 103 cm³/mol. The Kier molecular flexibility index (Phi) is 4.22. The second-order valence-electron chi connectivity index (χ2n) is 5.92. The van der Waals surface area contributed by atoms with Crippen LogP contribution in [0.5, 0.6) is 0 Å². The average molecular weight is 390 g/mol. The molecule has 0 bridgehead atoms. The summed E-state index contributed by atoms with van der Waals surface area (Å²) in [4.78, 5) is 4.55. The predicted octanol–water partition coefficient (Wildman–Crippen LogP) is 3.73. The molecule has 3 aromatic rings. The van der Waals surface area contributed by atoms with Crippen LogP contribution in [0, 0.1) is 0 Å². The Bertz CT molecular complexity index is 1120. The molecular weight excluding hydrogens is 374 g/mol. The first-order chi connectivity index (χ1) is 12.5. The number of nitrogens with one attached hydrogen (secondary N) is 2. The zero-order valence-electron chi connectivity index (χ0n) is 13.9. The van der Waals surface area contributed by atoms with Gasteiger partial charge in [-0.25, -0.2) is 8.42 Å². The standard InChI is InChI=1S/C18H16ClN3O3S/c1-25-8-7-20-11-4-5-16-13(9-11)14-10-15(19)12-3-2-6-21-17(12)18(14)22-26(16,23)24/h2-6,9-10,20,22H,7-8H2,1H3. The van der Waals surface area contributed by atoms with Gasteiger partial charge in [-0.05, 0) is 36.4 Å². The molecule has 0 spiro atoms. The van der Waals surface area contributed by atoms with E-state index in [0.717, 1.165) is 5.69 Å². The molecule has 0 atom stereocenters. The van der Waals surface area contributed by atoms with Gasteiger partial charge in [0.1, 0.15) is 0 Å². The van der Waals surface area contributed by atoms with E-state index in [2.05, 4.69) is 15.0 Å². The zero-order chi connectivity index (χ0) is 18.3. The first-order valence-electron chi connectivity index (χ1n) is 7.98.